The minimum absolute atomic E-state index is 0.132. The number of rotatable bonds is 5. The van der Waals surface area contributed by atoms with Crippen molar-refractivity contribution in [2.75, 3.05) is 18.0 Å². The molecule has 0 spiro atoms. The third kappa shape index (κ3) is 3.95. The smallest absolute Gasteiger partial charge is 0.405 e. The van der Waals surface area contributed by atoms with E-state index in [1.54, 1.807) is 6.20 Å². The summed E-state index contributed by atoms with van der Waals surface area (Å²) in [6.45, 7) is 6.97. The predicted octanol–water partition coefficient (Wildman–Crippen LogP) is 2.92. The number of hydrogen-bond acceptors (Lipinski definition) is 4. The Kier molecular flexibility index (Phi) is 5.14. The molecule has 1 aromatic rings. The lowest BCUT2D eigenvalue weighted by Gasteiger charge is -2.28. The molecule has 2 aliphatic rings. The second-order valence-electron chi connectivity index (χ2n) is 7.68. The van der Waals surface area contributed by atoms with Gasteiger partial charge in [0.2, 0.25) is 0 Å². The van der Waals surface area contributed by atoms with Crippen molar-refractivity contribution in [2.24, 2.45) is 5.92 Å². The van der Waals surface area contributed by atoms with E-state index < -0.39 is 11.6 Å². The molecule has 1 saturated carbocycles. The number of nitrogens with one attached hydrogen (secondary N) is 2. The molecule has 0 bridgehead atoms. The van der Waals surface area contributed by atoms with E-state index in [9.17, 15) is 9.59 Å². The van der Waals surface area contributed by atoms with Gasteiger partial charge in [-0.15, -0.1) is 0 Å². The molecule has 1 aromatic heterocycles. The number of halogens is 1. The number of carbonyl (C=O) groups excluding carboxylic acids is 1. The first kappa shape index (κ1) is 18.9. The first-order valence-electron chi connectivity index (χ1n) is 8.92. The van der Waals surface area contributed by atoms with Gasteiger partial charge >= 0.3 is 6.09 Å². The number of amides is 2. The van der Waals surface area contributed by atoms with Crippen LogP contribution in [0.15, 0.2) is 10.7 Å². The van der Waals surface area contributed by atoms with E-state index in [2.05, 4.69) is 36.4 Å². The Morgan fingerprint density at radius 2 is 2.15 bits per heavy atom. The molecule has 1 saturated heterocycles. The van der Waals surface area contributed by atoms with Crippen molar-refractivity contribution in [3.63, 3.8) is 0 Å². The van der Waals surface area contributed by atoms with Crippen LogP contribution in [-0.2, 0) is 0 Å². The summed E-state index contributed by atoms with van der Waals surface area (Å²) in [6.07, 6.45) is 3.58. The number of pyridine rings is 1. The van der Waals surface area contributed by atoms with E-state index in [1.165, 1.54) is 0 Å². The Morgan fingerprint density at radius 3 is 2.77 bits per heavy atom. The van der Waals surface area contributed by atoms with Gasteiger partial charge in [0.1, 0.15) is 0 Å². The van der Waals surface area contributed by atoms with Gasteiger partial charge in [0.05, 0.1) is 27.0 Å². The van der Waals surface area contributed by atoms with Crippen molar-refractivity contribution in [1.82, 2.24) is 15.6 Å². The predicted molar refractivity (Wildman–Crippen MR) is 103 cm³/mol. The molecule has 2 amide bonds. The third-order valence-electron chi connectivity index (χ3n) is 5.30. The van der Waals surface area contributed by atoms with Crippen LogP contribution >= 0.6 is 15.9 Å². The summed E-state index contributed by atoms with van der Waals surface area (Å²) in [5.41, 5.74) is 1.56. The fourth-order valence-corrected chi connectivity index (χ4v) is 4.12. The first-order valence-corrected chi connectivity index (χ1v) is 9.71. The topological polar surface area (TPSA) is 94.6 Å². The zero-order valence-corrected chi connectivity index (χ0v) is 16.9. The summed E-state index contributed by atoms with van der Waals surface area (Å²) >= 11 is 3.58. The van der Waals surface area contributed by atoms with Crippen LogP contribution in [-0.4, -0.2) is 46.8 Å². The Bertz CT molecular complexity index is 737. The molecule has 2 heterocycles. The molecule has 0 aromatic carbocycles. The van der Waals surface area contributed by atoms with Crippen LogP contribution in [0.3, 0.4) is 0 Å². The van der Waals surface area contributed by atoms with Crippen LogP contribution in [0.4, 0.5) is 10.5 Å². The fourth-order valence-electron chi connectivity index (χ4n) is 3.55. The molecular formula is C18H25BrN4O3. The largest absolute Gasteiger partial charge is 0.465 e. The van der Waals surface area contributed by atoms with Gasteiger partial charge in [0.25, 0.3) is 5.91 Å². The van der Waals surface area contributed by atoms with Gasteiger partial charge in [0, 0.05) is 25.3 Å². The molecule has 7 nitrogen and oxygen atoms in total. The summed E-state index contributed by atoms with van der Waals surface area (Å²) in [7, 11) is 0. The van der Waals surface area contributed by atoms with E-state index in [4.69, 9.17) is 5.11 Å². The first-order chi connectivity index (χ1) is 12.2. The van der Waals surface area contributed by atoms with Gasteiger partial charge < -0.3 is 20.6 Å². The molecule has 3 rings (SSSR count). The fraction of sp³-hybridized carbons (Fsp3) is 0.611. The van der Waals surface area contributed by atoms with Crippen LogP contribution in [0.2, 0.25) is 0 Å². The number of hydrogen-bond donors (Lipinski definition) is 3. The second kappa shape index (κ2) is 7.06. The maximum Gasteiger partial charge on any atom is 0.405 e. The van der Waals surface area contributed by atoms with Crippen LogP contribution in [0.5, 0.6) is 0 Å². The highest BCUT2D eigenvalue weighted by atomic mass is 79.9. The minimum Gasteiger partial charge on any atom is -0.465 e. The molecule has 26 heavy (non-hydrogen) atoms. The molecule has 3 N–H and O–H groups in total. The highest BCUT2D eigenvalue weighted by molar-refractivity contribution is 9.10. The van der Waals surface area contributed by atoms with Crippen LogP contribution in [0.25, 0.3) is 0 Å². The van der Waals surface area contributed by atoms with Crippen molar-refractivity contribution in [3.05, 3.63) is 21.9 Å². The van der Waals surface area contributed by atoms with E-state index in [1.807, 2.05) is 20.8 Å². The van der Waals surface area contributed by atoms with Crippen molar-refractivity contribution in [2.45, 2.75) is 51.6 Å². The molecule has 2 atom stereocenters. The van der Waals surface area contributed by atoms with Gasteiger partial charge in [-0.1, -0.05) is 0 Å². The maximum absolute atomic E-state index is 12.9. The number of carboxylic acid groups (broad SMARTS) is 1. The summed E-state index contributed by atoms with van der Waals surface area (Å²) in [6, 6.07) is 0.146. The van der Waals surface area contributed by atoms with Gasteiger partial charge in [0.15, 0.2) is 0 Å². The highest BCUT2D eigenvalue weighted by Gasteiger charge is 2.38. The van der Waals surface area contributed by atoms with Gasteiger partial charge in [-0.05, 0) is 61.9 Å². The van der Waals surface area contributed by atoms with E-state index in [0.717, 1.165) is 28.7 Å². The SMILES string of the molecule is Cc1ncc(C(=O)N[C@@H](C)C2CC2)c(N2CCC(C)(NC(=O)O)C2)c1Br. The lowest BCUT2D eigenvalue weighted by molar-refractivity contribution is 0.0935. The number of aromatic nitrogens is 1. The van der Waals surface area contributed by atoms with Crippen molar-refractivity contribution < 1.29 is 14.7 Å². The number of anilines is 1. The lowest BCUT2D eigenvalue weighted by Crippen LogP contribution is -2.47. The van der Waals surface area contributed by atoms with Gasteiger partial charge in [-0.2, -0.15) is 0 Å². The second-order valence-corrected chi connectivity index (χ2v) is 8.47. The molecule has 1 aliphatic carbocycles. The summed E-state index contributed by atoms with van der Waals surface area (Å²) in [5, 5.41) is 14.8. The van der Waals surface area contributed by atoms with Crippen molar-refractivity contribution >= 4 is 33.6 Å². The van der Waals surface area contributed by atoms with Crippen LogP contribution in [0.1, 0.15) is 49.2 Å². The maximum atomic E-state index is 12.9. The van der Waals surface area contributed by atoms with E-state index in [0.29, 0.717) is 31.0 Å². The lowest BCUT2D eigenvalue weighted by atomic mass is 10.0. The van der Waals surface area contributed by atoms with E-state index in [-0.39, 0.29) is 11.9 Å². The quantitative estimate of drug-likeness (QED) is 0.675. The Hall–Kier alpha value is -1.83. The number of nitrogens with zero attached hydrogens (tertiary/aromatic N) is 2. The molecule has 1 aliphatic heterocycles. The average Bonchev–Trinajstić information content (AvgIpc) is 3.33. The molecule has 2 fully saturated rings. The van der Waals surface area contributed by atoms with Crippen molar-refractivity contribution in [1.29, 1.82) is 0 Å². The molecule has 142 valence electrons. The zero-order chi connectivity index (χ0) is 19.1. The third-order valence-corrected chi connectivity index (χ3v) is 6.25. The number of carbonyl (C=O) groups is 2. The molecule has 1 unspecified atom stereocenters. The van der Waals surface area contributed by atoms with Gasteiger partial charge in [-0.25, -0.2) is 4.79 Å². The van der Waals surface area contributed by atoms with Crippen LogP contribution < -0.4 is 15.5 Å². The van der Waals surface area contributed by atoms with E-state index >= 15 is 0 Å². The minimum atomic E-state index is -1.03. The highest BCUT2D eigenvalue weighted by Crippen LogP contribution is 2.37. The normalized spacial score (nSPS) is 23.6. The Morgan fingerprint density at radius 1 is 1.46 bits per heavy atom. The monoisotopic (exact) mass is 424 g/mol. The van der Waals surface area contributed by atoms with Crippen molar-refractivity contribution in [3.8, 4) is 0 Å². The van der Waals surface area contributed by atoms with Gasteiger partial charge in [-0.3, -0.25) is 9.78 Å². The Balaban J connectivity index is 1.87. The zero-order valence-electron chi connectivity index (χ0n) is 15.3. The molecular weight excluding hydrogens is 400 g/mol. The molecule has 8 heteroatoms. The summed E-state index contributed by atoms with van der Waals surface area (Å²) < 4.78 is 0.781. The molecule has 0 radical (unpaired) electrons. The summed E-state index contributed by atoms with van der Waals surface area (Å²) in [5.74, 6) is 0.437. The number of aryl methyl sites for hydroxylation is 1. The Labute approximate surface area is 161 Å². The standard InChI is InChI=1S/C18H25BrN4O3/c1-10(12-4-5-12)21-16(24)13-8-20-11(2)14(19)15(13)23-7-6-18(3,9-23)22-17(25)26/h8,10,12,22H,4-7,9H2,1-3H3,(H,21,24)(H,25,26)/t10-,18?/m0/s1. The summed E-state index contributed by atoms with van der Waals surface area (Å²) in [4.78, 5) is 30.3. The average molecular weight is 425 g/mol. The van der Waals surface area contributed by atoms with Crippen LogP contribution in [0, 0.1) is 12.8 Å².